The molecule has 1 fully saturated rings. The second-order valence-corrected chi connectivity index (χ2v) is 6.14. The minimum Gasteiger partial charge on any atom is -0.317 e. The molecule has 0 spiro atoms. The predicted molar refractivity (Wildman–Crippen MR) is 59.6 cm³/mol. The van der Waals surface area contributed by atoms with Crippen LogP contribution in [-0.2, 0) is 0 Å². The Morgan fingerprint density at radius 2 is 2.17 bits per heavy atom. The molecule has 1 saturated heterocycles. The quantitative estimate of drug-likeness (QED) is 0.652. The molecule has 1 nitrogen and oxygen atoms in total. The number of hydrogen-bond donors (Lipinski definition) is 1. The van der Waals surface area contributed by atoms with Crippen LogP contribution in [0.25, 0.3) is 0 Å². The largest absolute Gasteiger partial charge is 0.317 e. The van der Waals surface area contributed by atoms with Crippen molar-refractivity contribution in [2.24, 2.45) is 5.73 Å². The third kappa shape index (κ3) is 2.35. The Morgan fingerprint density at radius 3 is 2.67 bits per heavy atom. The van der Waals surface area contributed by atoms with Crippen LogP contribution in [0.1, 0.15) is 13.8 Å². The fourth-order valence-corrected chi connectivity index (χ4v) is 4.07. The first-order valence-corrected chi connectivity index (χ1v) is 6.13. The van der Waals surface area contributed by atoms with E-state index in [1.165, 1.54) is 0 Å². The summed E-state index contributed by atoms with van der Waals surface area (Å²) in [5.74, 6) is 3.71. The van der Waals surface area contributed by atoms with E-state index in [2.05, 4.69) is 19.8 Å². The first-order valence-electron chi connectivity index (χ1n) is 4.14. The van der Waals surface area contributed by atoms with Crippen LogP contribution in [0.3, 0.4) is 0 Å². The average molecular weight is 201 g/mol. The number of hydrogen-bond acceptors (Lipinski definition) is 3. The van der Waals surface area contributed by atoms with Crippen molar-refractivity contribution in [3.63, 3.8) is 0 Å². The van der Waals surface area contributed by atoms with Crippen LogP contribution in [0.5, 0.6) is 0 Å². The fourth-order valence-electron chi connectivity index (χ4n) is 1.10. The molecule has 0 bridgehead atoms. The topological polar surface area (TPSA) is 26.0 Å². The maximum absolute atomic E-state index is 5.79. The lowest BCUT2D eigenvalue weighted by Crippen LogP contribution is -2.38. The molecule has 4 unspecified atom stereocenters. The highest BCUT2D eigenvalue weighted by Crippen LogP contribution is 2.36. The average Bonchev–Trinajstić information content (AvgIpc) is 2.08. The van der Waals surface area contributed by atoms with E-state index in [0.717, 1.165) is 11.0 Å². The molecule has 0 aromatic heterocycles. The second kappa shape index (κ2) is 4.45. The molecule has 1 heterocycles. The number of thioether (sulfide) groups is 2. The molecule has 0 aromatic rings. The molecule has 4 atom stereocenters. The van der Waals surface area contributed by atoms with Crippen LogP contribution >= 0.6 is 23.5 Å². The molecular weight excluding hydrogens is 186 g/mol. The SMILES string of the molecule is C#CC(N)C1CSC(C)C(C)S1. The molecule has 68 valence electrons. The lowest BCUT2D eigenvalue weighted by molar-refractivity contribution is 0.800. The molecule has 0 amide bonds. The Kier molecular flexibility index (Phi) is 3.82. The van der Waals surface area contributed by atoms with Crippen LogP contribution in [0.15, 0.2) is 0 Å². The minimum absolute atomic E-state index is 0.0718. The van der Waals surface area contributed by atoms with Crippen molar-refractivity contribution in [3.8, 4) is 12.3 Å². The molecule has 12 heavy (non-hydrogen) atoms. The molecule has 2 N–H and O–H groups in total. The van der Waals surface area contributed by atoms with Gasteiger partial charge in [0.25, 0.3) is 0 Å². The molecule has 1 aliphatic rings. The summed E-state index contributed by atoms with van der Waals surface area (Å²) in [6.45, 7) is 4.51. The normalized spacial score (nSPS) is 38.7. The van der Waals surface area contributed by atoms with Crippen molar-refractivity contribution in [3.05, 3.63) is 0 Å². The molecule has 3 heteroatoms. The van der Waals surface area contributed by atoms with E-state index in [9.17, 15) is 0 Å². The standard InChI is InChI=1S/C9H15NS2/c1-4-8(10)9-5-11-6(2)7(3)12-9/h1,6-9H,5,10H2,2-3H3. The Bertz CT molecular complexity index is 187. The van der Waals surface area contributed by atoms with Gasteiger partial charge in [-0.25, -0.2) is 0 Å². The van der Waals surface area contributed by atoms with E-state index in [4.69, 9.17) is 12.2 Å². The zero-order valence-corrected chi connectivity index (χ0v) is 9.12. The summed E-state index contributed by atoms with van der Waals surface area (Å²) in [7, 11) is 0. The van der Waals surface area contributed by atoms with Gasteiger partial charge in [-0.2, -0.15) is 23.5 Å². The summed E-state index contributed by atoms with van der Waals surface area (Å²) >= 11 is 3.92. The number of nitrogens with two attached hydrogens (primary N) is 1. The van der Waals surface area contributed by atoms with Gasteiger partial charge in [0.2, 0.25) is 0 Å². The first kappa shape index (κ1) is 10.3. The summed E-state index contributed by atoms with van der Waals surface area (Å²) in [6.07, 6.45) is 5.29. The monoisotopic (exact) mass is 201 g/mol. The molecule has 1 rings (SSSR count). The number of rotatable bonds is 1. The van der Waals surface area contributed by atoms with Crippen molar-refractivity contribution in [1.82, 2.24) is 0 Å². The van der Waals surface area contributed by atoms with Crippen molar-refractivity contribution in [2.45, 2.75) is 35.6 Å². The first-order chi connectivity index (χ1) is 5.65. The van der Waals surface area contributed by atoms with Gasteiger partial charge in [0.05, 0.1) is 6.04 Å². The zero-order chi connectivity index (χ0) is 9.14. The van der Waals surface area contributed by atoms with Crippen LogP contribution in [0, 0.1) is 12.3 Å². The third-order valence-electron chi connectivity index (χ3n) is 2.17. The van der Waals surface area contributed by atoms with Gasteiger partial charge < -0.3 is 5.73 Å². The fraction of sp³-hybridized carbons (Fsp3) is 0.778. The van der Waals surface area contributed by atoms with E-state index in [-0.39, 0.29) is 6.04 Å². The minimum atomic E-state index is -0.0718. The van der Waals surface area contributed by atoms with E-state index >= 15 is 0 Å². The summed E-state index contributed by atoms with van der Waals surface area (Å²) in [5, 5.41) is 1.86. The van der Waals surface area contributed by atoms with Gasteiger partial charge in [0, 0.05) is 21.5 Å². The van der Waals surface area contributed by atoms with E-state index in [1.807, 2.05) is 23.5 Å². The van der Waals surface area contributed by atoms with Crippen molar-refractivity contribution in [1.29, 1.82) is 0 Å². The van der Waals surface area contributed by atoms with Gasteiger partial charge in [0.15, 0.2) is 0 Å². The highest BCUT2D eigenvalue weighted by atomic mass is 32.2. The summed E-state index contributed by atoms with van der Waals surface area (Å²) < 4.78 is 0. The Labute approximate surface area is 83.2 Å². The molecule has 1 aliphatic heterocycles. The van der Waals surface area contributed by atoms with E-state index in [1.54, 1.807) is 0 Å². The van der Waals surface area contributed by atoms with E-state index < -0.39 is 0 Å². The third-order valence-corrected chi connectivity index (χ3v) is 5.68. The summed E-state index contributed by atoms with van der Waals surface area (Å²) in [4.78, 5) is 0. The zero-order valence-electron chi connectivity index (χ0n) is 7.49. The van der Waals surface area contributed by atoms with Gasteiger partial charge in [-0.1, -0.05) is 19.8 Å². The van der Waals surface area contributed by atoms with Crippen LogP contribution in [-0.4, -0.2) is 27.5 Å². The van der Waals surface area contributed by atoms with Crippen molar-refractivity contribution in [2.75, 3.05) is 5.75 Å². The highest BCUT2D eigenvalue weighted by Gasteiger charge is 2.28. The van der Waals surface area contributed by atoms with Gasteiger partial charge in [-0.15, -0.1) is 6.42 Å². The van der Waals surface area contributed by atoms with Gasteiger partial charge in [-0.05, 0) is 0 Å². The summed E-state index contributed by atoms with van der Waals surface area (Å²) in [6, 6.07) is -0.0718. The molecule has 0 aromatic carbocycles. The number of terminal acetylenes is 1. The second-order valence-electron chi connectivity index (χ2n) is 3.11. The maximum Gasteiger partial charge on any atom is 0.0790 e. The summed E-state index contributed by atoms with van der Waals surface area (Å²) in [5.41, 5.74) is 5.79. The van der Waals surface area contributed by atoms with Crippen LogP contribution in [0.2, 0.25) is 0 Å². The van der Waals surface area contributed by atoms with Gasteiger partial charge >= 0.3 is 0 Å². The van der Waals surface area contributed by atoms with E-state index in [0.29, 0.717) is 10.5 Å². The van der Waals surface area contributed by atoms with Crippen molar-refractivity contribution >= 4 is 23.5 Å². The Hall–Kier alpha value is 0.220. The van der Waals surface area contributed by atoms with Gasteiger partial charge in [0.1, 0.15) is 0 Å². The van der Waals surface area contributed by atoms with Crippen LogP contribution < -0.4 is 5.73 Å². The van der Waals surface area contributed by atoms with Crippen LogP contribution in [0.4, 0.5) is 0 Å². The maximum atomic E-state index is 5.79. The lowest BCUT2D eigenvalue weighted by Gasteiger charge is -2.32. The van der Waals surface area contributed by atoms with Crippen molar-refractivity contribution < 1.29 is 0 Å². The molecule has 0 radical (unpaired) electrons. The molecule has 0 aliphatic carbocycles. The lowest BCUT2D eigenvalue weighted by atomic mass is 10.2. The van der Waals surface area contributed by atoms with Gasteiger partial charge in [-0.3, -0.25) is 0 Å². The molecular formula is C9H15NS2. The smallest absolute Gasteiger partial charge is 0.0790 e. The Morgan fingerprint density at radius 1 is 1.50 bits per heavy atom. The highest BCUT2D eigenvalue weighted by molar-refractivity contribution is 8.07. The predicted octanol–water partition coefficient (Wildman–Crippen LogP) is 1.57. The Balaban J connectivity index is 2.46. The molecule has 0 saturated carbocycles.